The molecule has 1 aromatic heterocycles. The summed E-state index contributed by atoms with van der Waals surface area (Å²) in [5.41, 5.74) is 1.23. The van der Waals surface area contributed by atoms with E-state index < -0.39 is 0 Å². The predicted octanol–water partition coefficient (Wildman–Crippen LogP) is 3.63. The lowest BCUT2D eigenvalue weighted by molar-refractivity contribution is -0.116. The molecule has 0 fully saturated rings. The van der Waals surface area contributed by atoms with Gasteiger partial charge in [-0.25, -0.2) is 0 Å². The lowest BCUT2D eigenvalue weighted by Crippen LogP contribution is -2.23. The van der Waals surface area contributed by atoms with Gasteiger partial charge < -0.3 is 10.2 Å². The number of unbranched alkanes of at least 4 members (excludes halogenated alkanes) is 1. The molecule has 0 aliphatic heterocycles. The van der Waals surface area contributed by atoms with E-state index in [0.29, 0.717) is 12.2 Å². The van der Waals surface area contributed by atoms with Crippen molar-refractivity contribution in [3.05, 3.63) is 48.0 Å². The zero-order chi connectivity index (χ0) is 16.5. The maximum atomic E-state index is 11.7. The van der Waals surface area contributed by atoms with Gasteiger partial charge in [-0.05, 0) is 31.0 Å². The van der Waals surface area contributed by atoms with Gasteiger partial charge in [0.2, 0.25) is 5.91 Å². The van der Waals surface area contributed by atoms with Crippen molar-refractivity contribution in [2.75, 3.05) is 16.8 Å². The van der Waals surface area contributed by atoms with Crippen LogP contribution in [0.4, 0.5) is 11.6 Å². The number of benzene rings is 1. The van der Waals surface area contributed by atoms with Crippen molar-refractivity contribution < 1.29 is 4.79 Å². The summed E-state index contributed by atoms with van der Waals surface area (Å²) in [5.74, 6) is 1.30. The first-order chi connectivity index (χ1) is 11.2. The van der Waals surface area contributed by atoms with E-state index in [2.05, 4.69) is 46.4 Å². The number of amides is 1. The first-order valence-electron chi connectivity index (χ1n) is 8.15. The largest absolute Gasteiger partial charge is 0.351 e. The van der Waals surface area contributed by atoms with Crippen LogP contribution in [0.5, 0.6) is 0 Å². The fourth-order valence-electron chi connectivity index (χ4n) is 2.26. The number of nitrogens with one attached hydrogen (secondary N) is 1. The topological polar surface area (TPSA) is 58.1 Å². The average Bonchev–Trinajstić information content (AvgIpc) is 2.59. The van der Waals surface area contributed by atoms with Crippen LogP contribution in [0, 0.1) is 0 Å². The molecule has 0 spiro atoms. The summed E-state index contributed by atoms with van der Waals surface area (Å²) in [5, 5.41) is 11.1. The van der Waals surface area contributed by atoms with Crippen molar-refractivity contribution >= 4 is 17.5 Å². The van der Waals surface area contributed by atoms with Gasteiger partial charge in [0, 0.05) is 19.5 Å². The highest BCUT2D eigenvalue weighted by Gasteiger charge is 2.09. The number of rotatable bonds is 8. The van der Waals surface area contributed by atoms with Crippen LogP contribution < -0.4 is 10.2 Å². The van der Waals surface area contributed by atoms with E-state index >= 15 is 0 Å². The Morgan fingerprint density at radius 3 is 2.48 bits per heavy atom. The number of carbonyl (C=O) groups excluding carboxylic acids is 1. The van der Waals surface area contributed by atoms with E-state index in [1.807, 2.05) is 24.3 Å². The highest BCUT2D eigenvalue weighted by molar-refractivity contribution is 5.89. The summed E-state index contributed by atoms with van der Waals surface area (Å²) in [4.78, 5) is 13.8. The van der Waals surface area contributed by atoms with Crippen molar-refractivity contribution in [1.29, 1.82) is 0 Å². The lowest BCUT2D eigenvalue weighted by Gasteiger charge is -2.21. The molecule has 0 saturated heterocycles. The van der Waals surface area contributed by atoms with Gasteiger partial charge in [-0.1, -0.05) is 43.7 Å². The third-order valence-corrected chi connectivity index (χ3v) is 3.60. The number of nitrogens with zero attached hydrogens (tertiary/aromatic N) is 3. The molecule has 1 N–H and O–H groups in total. The summed E-state index contributed by atoms with van der Waals surface area (Å²) in [6.45, 7) is 5.78. The Bertz CT molecular complexity index is 598. The molecule has 2 rings (SSSR count). The van der Waals surface area contributed by atoms with Gasteiger partial charge in [0.1, 0.15) is 0 Å². The number of hydrogen-bond acceptors (Lipinski definition) is 4. The first-order valence-corrected chi connectivity index (χ1v) is 8.15. The van der Waals surface area contributed by atoms with Crippen molar-refractivity contribution in [2.24, 2.45) is 0 Å². The molecule has 0 unspecified atom stereocenters. The molecule has 0 atom stereocenters. The summed E-state index contributed by atoms with van der Waals surface area (Å²) < 4.78 is 0. The maximum absolute atomic E-state index is 11.7. The Morgan fingerprint density at radius 1 is 1.09 bits per heavy atom. The molecule has 1 amide bonds. The van der Waals surface area contributed by atoms with Crippen molar-refractivity contribution in [3.63, 3.8) is 0 Å². The van der Waals surface area contributed by atoms with Gasteiger partial charge in [0.25, 0.3) is 0 Å². The van der Waals surface area contributed by atoms with Crippen LogP contribution in [-0.2, 0) is 11.3 Å². The Balaban J connectivity index is 1.98. The highest BCUT2D eigenvalue weighted by atomic mass is 16.1. The van der Waals surface area contributed by atoms with Crippen LogP contribution in [0.1, 0.15) is 38.7 Å². The second-order valence-corrected chi connectivity index (χ2v) is 5.43. The number of anilines is 2. The predicted molar refractivity (Wildman–Crippen MR) is 93.4 cm³/mol. The third kappa shape index (κ3) is 5.36. The van der Waals surface area contributed by atoms with Crippen LogP contribution >= 0.6 is 0 Å². The Morgan fingerprint density at radius 2 is 1.87 bits per heavy atom. The van der Waals surface area contributed by atoms with Crippen molar-refractivity contribution in [1.82, 2.24) is 10.2 Å². The molecule has 0 aliphatic carbocycles. The molecule has 0 bridgehead atoms. The van der Waals surface area contributed by atoms with Crippen LogP contribution in [0.3, 0.4) is 0 Å². The Labute approximate surface area is 137 Å². The third-order valence-electron chi connectivity index (χ3n) is 3.60. The van der Waals surface area contributed by atoms with Gasteiger partial charge in [-0.2, -0.15) is 0 Å². The molecule has 0 saturated carbocycles. The highest BCUT2D eigenvalue weighted by Crippen LogP contribution is 2.15. The quantitative estimate of drug-likeness (QED) is 0.808. The molecular weight excluding hydrogens is 288 g/mol. The SMILES string of the molecule is CCCCC(=O)Nc1ccc(N(CC)Cc2ccccc2)nn1. The summed E-state index contributed by atoms with van der Waals surface area (Å²) in [6.07, 6.45) is 2.41. The second-order valence-electron chi connectivity index (χ2n) is 5.43. The molecule has 2 aromatic rings. The summed E-state index contributed by atoms with van der Waals surface area (Å²) in [6, 6.07) is 14.0. The van der Waals surface area contributed by atoms with E-state index in [4.69, 9.17) is 0 Å². The van der Waals surface area contributed by atoms with E-state index in [9.17, 15) is 4.79 Å². The Hall–Kier alpha value is -2.43. The van der Waals surface area contributed by atoms with Crippen LogP contribution in [-0.4, -0.2) is 22.6 Å². The van der Waals surface area contributed by atoms with Gasteiger partial charge in [0.05, 0.1) is 0 Å². The molecule has 1 heterocycles. The first kappa shape index (κ1) is 16.9. The monoisotopic (exact) mass is 312 g/mol. The molecule has 5 nitrogen and oxygen atoms in total. The zero-order valence-corrected chi connectivity index (χ0v) is 13.8. The summed E-state index contributed by atoms with van der Waals surface area (Å²) in [7, 11) is 0. The van der Waals surface area contributed by atoms with Crippen LogP contribution in [0.25, 0.3) is 0 Å². The van der Waals surface area contributed by atoms with Gasteiger partial charge >= 0.3 is 0 Å². The Kier molecular flexibility index (Phi) is 6.54. The maximum Gasteiger partial charge on any atom is 0.225 e. The van der Waals surface area contributed by atoms with Crippen molar-refractivity contribution in [2.45, 2.75) is 39.7 Å². The fraction of sp³-hybridized carbons (Fsp3) is 0.389. The summed E-state index contributed by atoms with van der Waals surface area (Å²) >= 11 is 0. The molecule has 0 aliphatic rings. The fourth-order valence-corrected chi connectivity index (χ4v) is 2.26. The lowest BCUT2D eigenvalue weighted by atomic mass is 10.2. The van der Waals surface area contributed by atoms with E-state index in [0.717, 1.165) is 31.7 Å². The minimum atomic E-state index is -0.00877. The van der Waals surface area contributed by atoms with E-state index in [1.54, 1.807) is 6.07 Å². The molecule has 122 valence electrons. The number of carbonyl (C=O) groups is 1. The average molecular weight is 312 g/mol. The van der Waals surface area contributed by atoms with Gasteiger partial charge in [-0.15, -0.1) is 10.2 Å². The zero-order valence-electron chi connectivity index (χ0n) is 13.8. The van der Waals surface area contributed by atoms with Gasteiger partial charge in [0.15, 0.2) is 11.6 Å². The van der Waals surface area contributed by atoms with Crippen LogP contribution in [0.2, 0.25) is 0 Å². The molecule has 23 heavy (non-hydrogen) atoms. The van der Waals surface area contributed by atoms with E-state index in [1.165, 1.54) is 5.56 Å². The minimum Gasteiger partial charge on any atom is -0.351 e. The molecule has 1 aromatic carbocycles. The van der Waals surface area contributed by atoms with E-state index in [-0.39, 0.29) is 5.91 Å². The standard InChI is InChI=1S/C18H24N4O/c1-3-5-11-18(23)19-16-12-13-17(21-20-16)22(4-2)14-15-9-7-6-8-10-15/h6-10,12-13H,3-5,11,14H2,1-2H3,(H,19,20,23). The molecular formula is C18H24N4O. The van der Waals surface area contributed by atoms with Gasteiger partial charge in [-0.3, -0.25) is 4.79 Å². The normalized spacial score (nSPS) is 10.3. The van der Waals surface area contributed by atoms with Crippen molar-refractivity contribution in [3.8, 4) is 0 Å². The number of hydrogen-bond donors (Lipinski definition) is 1. The molecule has 0 radical (unpaired) electrons. The minimum absolute atomic E-state index is 0.00877. The second kappa shape index (κ2) is 8.88. The smallest absolute Gasteiger partial charge is 0.225 e. The van der Waals surface area contributed by atoms with Crippen LogP contribution in [0.15, 0.2) is 42.5 Å². The number of aromatic nitrogens is 2. The molecule has 5 heteroatoms.